The fraction of sp³-hybridized carbons (Fsp3) is 0.200. The van der Waals surface area contributed by atoms with Gasteiger partial charge in [-0.05, 0) is 36.8 Å². The van der Waals surface area contributed by atoms with Crippen LogP contribution in [0.3, 0.4) is 0 Å². The Morgan fingerprint density at radius 3 is 2.45 bits per heavy atom. The summed E-state index contributed by atoms with van der Waals surface area (Å²) in [5.74, 6) is 0.579. The average Bonchev–Trinajstić information content (AvgIpc) is 2.48. The summed E-state index contributed by atoms with van der Waals surface area (Å²) in [6.45, 7) is 1.93. The minimum Gasteiger partial charge on any atom is -0.373 e. The van der Waals surface area contributed by atoms with E-state index in [1.807, 2.05) is 31.2 Å². The molecular formula is C15H16ClN3O. The zero-order chi connectivity index (χ0) is 14.5. The van der Waals surface area contributed by atoms with Crippen LogP contribution in [0, 0.1) is 0 Å². The van der Waals surface area contributed by atoms with Crippen LogP contribution in [0.2, 0.25) is 5.02 Å². The Morgan fingerprint density at radius 1 is 1.20 bits per heavy atom. The molecule has 0 fully saturated rings. The second-order valence-corrected chi connectivity index (χ2v) is 4.87. The molecule has 2 N–H and O–H groups in total. The summed E-state index contributed by atoms with van der Waals surface area (Å²) in [6, 6.07) is 10.8. The Kier molecular flexibility index (Phi) is 4.58. The lowest BCUT2D eigenvalue weighted by atomic mass is 10.1. The molecule has 1 aromatic carbocycles. The SMILES string of the molecule is CNc1ccc(C(=O)NC(C)c2ccc(Cl)cc2)cn1. The normalized spacial score (nSPS) is 11.8. The second kappa shape index (κ2) is 6.39. The molecule has 1 unspecified atom stereocenters. The number of hydrogen-bond donors (Lipinski definition) is 2. The first-order chi connectivity index (χ1) is 9.60. The zero-order valence-electron chi connectivity index (χ0n) is 11.4. The number of rotatable bonds is 4. The van der Waals surface area contributed by atoms with Crippen LogP contribution in [0.15, 0.2) is 42.6 Å². The molecule has 0 aliphatic carbocycles. The van der Waals surface area contributed by atoms with Crippen molar-refractivity contribution in [3.05, 3.63) is 58.7 Å². The molecule has 0 bridgehead atoms. The van der Waals surface area contributed by atoms with E-state index in [2.05, 4.69) is 15.6 Å². The maximum Gasteiger partial charge on any atom is 0.253 e. The minimum atomic E-state index is -0.150. The van der Waals surface area contributed by atoms with E-state index in [0.717, 1.165) is 11.4 Å². The lowest BCUT2D eigenvalue weighted by molar-refractivity contribution is 0.0939. The Balaban J connectivity index is 2.04. The summed E-state index contributed by atoms with van der Waals surface area (Å²) >= 11 is 5.84. The minimum absolute atomic E-state index is 0.0938. The lowest BCUT2D eigenvalue weighted by Crippen LogP contribution is -2.26. The van der Waals surface area contributed by atoms with Gasteiger partial charge in [-0.2, -0.15) is 0 Å². The highest BCUT2D eigenvalue weighted by Gasteiger charge is 2.11. The van der Waals surface area contributed by atoms with E-state index >= 15 is 0 Å². The molecule has 1 atom stereocenters. The van der Waals surface area contributed by atoms with Gasteiger partial charge in [0, 0.05) is 18.3 Å². The largest absolute Gasteiger partial charge is 0.373 e. The third-order valence-corrected chi connectivity index (χ3v) is 3.25. The quantitative estimate of drug-likeness (QED) is 0.908. The van der Waals surface area contributed by atoms with Gasteiger partial charge in [-0.3, -0.25) is 4.79 Å². The molecule has 0 aliphatic rings. The van der Waals surface area contributed by atoms with Gasteiger partial charge in [-0.1, -0.05) is 23.7 Å². The predicted molar refractivity (Wildman–Crippen MR) is 81.1 cm³/mol. The van der Waals surface area contributed by atoms with Crippen molar-refractivity contribution in [3.63, 3.8) is 0 Å². The molecule has 2 rings (SSSR count). The van der Waals surface area contributed by atoms with Crippen molar-refractivity contribution in [2.45, 2.75) is 13.0 Å². The first-order valence-corrected chi connectivity index (χ1v) is 6.68. The van der Waals surface area contributed by atoms with Crippen LogP contribution in [-0.4, -0.2) is 17.9 Å². The average molecular weight is 290 g/mol. The van der Waals surface area contributed by atoms with Crippen LogP contribution < -0.4 is 10.6 Å². The lowest BCUT2D eigenvalue weighted by Gasteiger charge is -2.14. The summed E-state index contributed by atoms with van der Waals surface area (Å²) < 4.78 is 0. The number of nitrogens with one attached hydrogen (secondary N) is 2. The van der Waals surface area contributed by atoms with Crippen molar-refractivity contribution in [1.29, 1.82) is 0 Å². The standard InChI is InChI=1S/C15H16ClN3O/c1-10(11-3-6-13(16)7-4-11)19-15(20)12-5-8-14(17-2)18-9-12/h3-10H,1-2H3,(H,17,18)(H,19,20). The second-order valence-electron chi connectivity index (χ2n) is 4.43. The van der Waals surface area contributed by atoms with Gasteiger partial charge in [0.2, 0.25) is 0 Å². The van der Waals surface area contributed by atoms with Gasteiger partial charge >= 0.3 is 0 Å². The molecule has 0 saturated carbocycles. The van der Waals surface area contributed by atoms with E-state index in [1.54, 1.807) is 25.4 Å². The Labute approximate surface area is 123 Å². The highest BCUT2D eigenvalue weighted by Crippen LogP contribution is 2.16. The third kappa shape index (κ3) is 3.48. The van der Waals surface area contributed by atoms with E-state index < -0.39 is 0 Å². The van der Waals surface area contributed by atoms with Crippen molar-refractivity contribution >= 4 is 23.3 Å². The molecule has 0 spiro atoms. The van der Waals surface area contributed by atoms with Crippen LogP contribution in [0.4, 0.5) is 5.82 Å². The maximum atomic E-state index is 12.1. The summed E-state index contributed by atoms with van der Waals surface area (Å²) in [6.07, 6.45) is 1.55. The Bertz CT molecular complexity index is 581. The molecule has 1 amide bonds. The first-order valence-electron chi connectivity index (χ1n) is 6.30. The van der Waals surface area contributed by atoms with E-state index in [-0.39, 0.29) is 11.9 Å². The number of pyridine rings is 1. The van der Waals surface area contributed by atoms with E-state index in [1.165, 1.54) is 0 Å². The van der Waals surface area contributed by atoms with E-state index in [4.69, 9.17) is 11.6 Å². The highest BCUT2D eigenvalue weighted by atomic mass is 35.5. The molecule has 104 valence electrons. The number of hydrogen-bond acceptors (Lipinski definition) is 3. The predicted octanol–water partition coefficient (Wildman–Crippen LogP) is 3.27. The van der Waals surface area contributed by atoms with Gasteiger partial charge < -0.3 is 10.6 Å². The number of amides is 1. The number of aromatic nitrogens is 1. The molecule has 2 aromatic rings. The third-order valence-electron chi connectivity index (χ3n) is 3.00. The number of benzene rings is 1. The number of carbonyl (C=O) groups is 1. The van der Waals surface area contributed by atoms with Crippen molar-refractivity contribution in [3.8, 4) is 0 Å². The molecule has 4 nitrogen and oxygen atoms in total. The monoisotopic (exact) mass is 289 g/mol. The molecule has 0 aliphatic heterocycles. The molecule has 0 saturated heterocycles. The van der Waals surface area contributed by atoms with Gasteiger partial charge in [0.1, 0.15) is 5.82 Å². The number of carbonyl (C=O) groups excluding carboxylic acids is 1. The van der Waals surface area contributed by atoms with Crippen molar-refractivity contribution < 1.29 is 4.79 Å². The highest BCUT2D eigenvalue weighted by molar-refractivity contribution is 6.30. The van der Waals surface area contributed by atoms with Crippen LogP contribution in [0.5, 0.6) is 0 Å². The molecule has 0 radical (unpaired) electrons. The Morgan fingerprint density at radius 2 is 1.90 bits per heavy atom. The topological polar surface area (TPSA) is 54.0 Å². The number of anilines is 1. The van der Waals surface area contributed by atoms with Crippen molar-refractivity contribution in [2.75, 3.05) is 12.4 Å². The van der Waals surface area contributed by atoms with Gasteiger partial charge in [-0.15, -0.1) is 0 Å². The summed E-state index contributed by atoms with van der Waals surface area (Å²) in [5, 5.41) is 6.52. The molecule has 1 heterocycles. The van der Waals surface area contributed by atoms with Crippen molar-refractivity contribution in [1.82, 2.24) is 10.3 Å². The number of nitrogens with zero attached hydrogens (tertiary/aromatic N) is 1. The first kappa shape index (κ1) is 14.3. The fourth-order valence-electron chi connectivity index (χ4n) is 1.79. The molecule has 20 heavy (non-hydrogen) atoms. The zero-order valence-corrected chi connectivity index (χ0v) is 12.1. The van der Waals surface area contributed by atoms with Crippen LogP contribution in [-0.2, 0) is 0 Å². The smallest absolute Gasteiger partial charge is 0.253 e. The van der Waals surface area contributed by atoms with Gasteiger partial charge in [0.15, 0.2) is 0 Å². The van der Waals surface area contributed by atoms with E-state index in [9.17, 15) is 4.79 Å². The van der Waals surface area contributed by atoms with Crippen molar-refractivity contribution in [2.24, 2.45) is 0 Å². The number of halogens is 1. The molecule has 5 heteroatoms. The Hall–Kier alpha value is -2.07. The summed E-state index contributed by atoms with van der Waals surface area (Å²) in [4.78, 5) is 16.2. The van der Waals surface area contributed by atoms with Crippen LogP contribution >= 0.6 is 11.6 Å². The summed E-state index contributed by atoms with van der Waals surface area (Å²) in [7, 11) is 1.78. The van der Waals surface area contributed by atoms with Gasteiger partial charge in [-0.25, -0.2) is 4.98 Å². The molecular weight excluding hydrogens is 274 g/mol. The van der Waals surface area contributed by atoms with Gasteiger partial charge in [0.25, 0.3) is 5.91 Å². The van der Waals surface area contributed by atoms with E-state index in [0.29, 0.717) is 10.6 Å². The van der Waals surface area contributed by atoms with Crippen LogP contribution in [0.1, 0.15) is 28.9 Å². The van der Waals surface area contributed by atoms with Crippen LogP contribution in [0.25, 0.3) is 0 Å². The van der Waals surface area contributed by atoms with Gasteiger partial charge in [0.05, 0.1) is 11.6 Å². The summed E-state index contributed by atoms with van der Waals surface area (Å²) in [5.41, 5.74) is 1.53. The maximum absolute atomic E-state index is 12.1. The fourth-order valence-corrected chi connectivity index (χ4v) is 1.92. The molecule has 1 aromatic heterocycles.